The Balaban J connectivity index is 1.71. The first kappa shape index (κ1) is 22.8. The van der Waals surface area contributed by atoms with Crippen LogP contribution in [-0.2, 0) is 6.54 Å². The van der Waals surface area contributed by atoms with Gasteiger partial charge in [0.2, 0.25) is 5.89 Å². The highest BCUT2D eigenvalue weighted by atomic mass is 19.3. The van der Waals surface area contributed by atoms with E-state index < -0.39 is 6.61 Å². The van der Waals surface area contributed by atoms with Gasteiger partial charge in [0.15, 0.2) is 11.5 Å². The summed E-state index contributed by atoms with van der Waals surface area (Å²) in [6.45, 7) is 3.00. The van der Waals surface area contributed by atoms with Crippen molar-refractivity contribution in [2.45, 2.75) is 20.1 Å². The van der Waals surface area contributed by atoms with E-state index >= 15 is 0 Å². The van der Waals surface area contributed by atoms with Crippen LogP contribution >= 0.6 is 0 Å². The number of rotatable bonds is 11. The lowest BCUT2D eigenvalue weighted by molar-refractivity contribution is -0.0513. The van der Waals surface area contributed by atoms with E-state index in [2.05, 4.69) is 21.6 Å². The largest absolute Gasteiger partial charge is 0.493 e. The van der Waals surface area contributed by atoms with Crippen LogP contribution in [0.1, 0.15) is 23.0 Å². The summed E-state index contributed by atoms with van der Waals surface area (Å²) in [5, 5.41) is 2.75. The Labute approximate surface area is 183 Å². The smallest absolute Gasteiger partial charge is 0.387 e. The van der Waals surface area contributed by atoms with Crippen LogP contribution in [0.15, 0.2) is 65.8 Å². The number of ether oxygens (including phenoxy) is 3. The van der Waals surface area contributed by atoms with Gasteiger partial charge < -0.3 is 23.9 Å². The maximum Gasteiger partial charge on any atom is 0.387 e. The summed E-state index contributed by atoms with van der Waals surface area (Å²) in [6, 6.07) is 11.3. The van der Waals surface area contributed by atoms with Gasteiger partial charge in [-0.25, -0.2) is 4.98 Å². The van der Waals surface area contributed by atoms with Gasteiger partial charge in [-0.3, -0.25) is 4.79 Å². The van der Waals surface area contributed by atoms with Gasteiger partial charge in [-0.1, -0.05) is 24.8 Å². The fourth-order valence-corrected chi connectivity index (χ4v) is 2.82. The molecular formula is C23H22F2N2O5. The van der Waals surface area contributed by atoms with E-state index in [0.717, 1.165) is 0 Å². The van der Waals surface area contributed by atoms with Crippen LogP contribution in [0.25, 0.3) is 11.5 Å². The van der Waals surface area contributed by atoms with Crippen LogP contribution in [0.3, 0.4) is 0 Å². The highest BCUT2D eigenvalue weighted by Crippen LogP contribution is 2.33. The van der Waals surface area contributed by atoms with Crippen LogP contribution in [0.4, 0.5) is 8.78 Å². The third-order valence-corrected chi connectivity index (χ3v) is 4.18. The van der Waals surface area contributed by atoms with Crippen LogP contribution in [0, 0.1) is 0 Å². The van der Waals surface area contributed by atoms with Crippen molar-refractivity contribution < 1.29 is 32.2 Å². The van der Waals surface area contributed by atoms with Crippen molar-refractivity contribution in [1.29, 1.82) is 0 Å². The lowest BCUT2D eigenvalue weighted by Gasteiger charge is -2.12. The molecule has 0 unspecified atom stereocenters. The van der Waals surface area contributed by atoms with Crippen LogP contribution in [0.2, 0.25) is 0 Å². The average Bonchev–Trinajstić information content (AvgIpc) is 3.26. The van der Waals surface area contributed by atoms with Gasteiger partial charge in [-0.15, -0.1) is 0 Å². The van der Waals surface area contributed by atoms with Gasteiger partial charge in [0.1, 0.15) is 18.6 Å². The van der Waals surface area contributed by atoms with Gasteiger partial charge in [0.05, 0.1) is 24.4 Å². The summed E-state index contributed by atoms with van der Waals surface area (Å²) in [5.41, 5.74) is 1.26. The van der Waals surface area contributed by atoms with E-state index in [1.165, 1.54) is 24.5 Å². The molecule has 3 aromatic rings. The molecule has 0 saturated heterocycles. The third kappa shape index (κ3) is 5.84. The van der Waals surface area contributed by atoms with Crippen LogP contribution < -0.4 is 19.5 Å². The molecule has 0 aliphatic carbocycles. The second-order valence-electron chi connectivity index (χ2n) is 6.40. The Hall–Kier alpha value is -3.88. The minimum Gasteiger partial charge on any atom is -0.493 e. The molecule has 1 heterocycles. The highest BCUT2D eigenvalue weighted by Gasteiger charge is 2.16. The Morgan fingerprint density at radius 3 is 2.75 bits per heavy atom. The molecule has 1 N–H and O–H groups in total. The first-order chi connectivity index (χ1) is 15.5. The van der Waals surface area contributed by atoms with Gasteiger partial charge in [-0.2, -0.15) is 8.78 Å². The number of aromatic nitrogens is 1. The number of alkyl halides is 2. The number of nitrogens with zero attached hydrogens (tertiary/aromatic N) is 1. The van der Waals surface area contributed by atoms with Gasteiger partial charge in [0.25, 0.3) is 5.91 Å². The first-order valence-corrected chi connectivity index (χ1v) is 9.79. The topological polar surface area (TPSA) is 82.8 Å². The van der Waals surface area contributed by atoms with Crippen molar-refractivity contribution in [3.63, 3.8) is 0 Å². The number of carbonyl (C=O) groups is 1. The molecule has 2 aromatic carbocycles. The zero-order valence-corrected chi connectivity index (χ0v) is 17.3. The number of benzene rings is 2. The van der Waals surface area contributed by atoms with Gasteiger partial charge >= 0.3 is 6.61 Å². The van der Waals surface area contributed by atoms with Crippen molar-refractivity contribution in [2.75, 3.05) is 13.2 Å². The first-order valence-electron chi connectivity index (χ1n) is 9.79. The molecule has 0 aliphatic heterocycles. The summed E-state index contributed by atoms with van der Waals surface area (Å²) in [6.07, 6.45) is 2.86. The number of oxazole rings is 1. The molecule has 0 fully saturated rings. The quantitative estimate of drug-likeness (QED) is 0.427. The normalized spacial score (nSPS) is 10.6. The van der Waals surface area contributed by atoms with Crippen LogP contribution in [-0.4, -0.2) is 30.7 Å². The highest BCUT2D eigenvalue weighted by molar-refractivity contribution is 5.96. The van der Waals surface area contributed by atoms with Gasteiger partial charge in [0, 0.05) is 5.56 Å². The summed E-state index contributed by atoms with van der Waals surface area (Å²) in [7, 11) is 0. The molecule has 0 aliphatic rings. The molecule has 7 nitrogen and oxygen atoms in total. The number of para-hydroxylation sites is 1. The molecule has 9 heteroatoms. The van der Waals surface area contributed by atoms with E-state index in [-0.39, 0.29) is 36.4 Å². The standard InChI is InChI=1S/C23H22F2N2O5/c1-3-11-30-19-10-9-15(12-20(19)32-23(24)25)22-27-16(14-31-22)13-26-21(28)17-7-5-6-8-18(17)29-4-2/h3,5-10,12,14,23H,1,4,11,13H2,2H3,(H,26,28). The van der Waals surface area contributed by atoms with E-state index in [9.17, 15) is 13.6 Å². The summed E-state index contributed by atoms with van der Waals surface area (Å²) >= 11 is 0. The van der Waals surface area contributed by atoms with Crippen molar-refractivity contribution in [3.05, 3.63) is 72.6 Å². The third-order valence-electron chi connectivity index (χ3n) is 4.18. The minimum absolute atomic E-state index is 0.101. The fourth-order valence-electron chi connectivity index (χ4n) is 2.82. The van der Waals surface area contributed by atoms with Crippen LogP contribution in [0.5, 0.6) is 17.2 Å². The molecule has 1 amide bonds. The fraction of sp³-hybridized carbons (Fsp3) is 0.217. The zero-order chi connectivity index (χ0) is 22.9. The Morgan fingerprint density at radius 1 is 1.19 bits per heavy atom. The molecule has 0 spiro atoms. The number of hydrogen-bond donors (Lipinski definition) is 1. The van der Waals surface area contributed by atoms with E-state index in [0.29, 0.717) is 29.2 Å². The molecule has 3 rings (SSSR count). The molecule has 32 heavy (non-hydrogen) atoms. The Morgan fingerprint density at radius 2 is 2.00 bits per heavy atom. The summed E-state index contributed by atoms with van der Waals surface area (Å²) in [5.74, 6) is 0.327. The second-order valence-corrected chi connectivity index (χ2v) is 6.40. The molecule has 168 valence electrons. The maximum absolute atomic E-state index is 12.8. The number of carbonyl (C=O) groups excluding carboxylic acids is 1. The second kappa shape index (κ2) is 10.9. The Kier molecular flexibility index (Phi) is 7.80. The minimum atomic E-state index is -3.02. The predicted molar refractivity (Wildman–Crippen MR) is 113 cm³/mol. The summed E-state index contributed by atoms with van der Waals surface area (Å²) in [4.78, 5) is 16.8. The molecule has 0 atom stereocenters. The van der Waals surface area contributed by atoms with E-state index in [4.69, 9.17) is 13.9 Å². The van der Waals surface area contributed by atoms with Crippen molar-refractivity contribution >= 4 is 5.91 Å². The average molecular weight is 444 g/mol. The van der Waals surface area contributed by atoms with Crippen molar-refractivity contribution in [2.24, 2.45) is 0 Å². The van der Waals surface area contributed by atoms with Crippen molar-refractivity contribution in [1.82, 2.24) is 10.3 Å². The van der Waals surface area contributed by atoms with E-state index in [1.54, 1.807) is 30.3 Å². The number of halogens is 2. The van der Waals surface area contributed by atoms with Gasteiger partial charge in [-0.05, 0) is 37.3 Å². The SMILES string of the molecule is C=CCOc1ccc(-c2nc(CNC(=O)c3ccccc3OCC)co2)cc1OC(F)F. The molecule has 0 radical (unpaired) electrons. The maximum atomic E-state index is 12.8. The lowest BCUT2D eigenvalue weighted by Crippen LogP contribution is -2.23. The molecule has 0 saturated carbocycles. The molecular weight excluding hydrogens is 422 g/mol. The number of nitrogens with one attached hydrogen (secondary N) is 1. The van der Waals surface area contributed by atoms with E-state index in [1.807, 2.05) is 6.92 Å². The lowest BCUT2D eigenvalue weighted by atomic mass is 10.2. The Bertz CT molecular complexity index is 1070. The van der Waals surface area contributed by atoms with Crippen molar-refractivity contribution in [3.8, 4) is 28.7 Å². The number of amides is 1. The number of hydrogen-bond acceptors (Lipinski definition) is 6. The molecule has 1 aromatic heterocycles. The monoisotopic (exact) mass is 444 g/mol. The zero-order valence-electron chi connectivity index (χ0n) is 17.3. The predicted octanol–water partition coefficient (Wildman–Crippen LogP) is 4.84. The molecule has 0 bridgehead atoms. The summed E-state index contributed by atoms with van der Waals surface area (Å²) < 4.78 is 46.3.